The SMILES string of the molecule is CC(=O)NCc1ccc(C(=O)NCCc2nc3ccccc3[nH]2)cc1. The molecule has 2 aromatic carbocycles. The van der Waals surface area contributed by atoms with Crippen molar-refractivity contribution in [2.75, 3.05) is 6.54 Å². The molecule has 0 atom stereocenters. The Morgan fingerprint density at radius 2 is 1.80 bits per heavy atom. The molecule has 0 spiro atoms. The maximum atomic E-state index is 12.2. The molecule has 1 aromatic heterocycles. The monoisotopic (exact) mass is 336 g/mol. The number of nitrogens with one attached hydrogen (secondary N) is 3. The second kappa shape index (κ2) is 7.61. The van der Waals surface area contributed by atoms with E-state index in [1.165, 1.54) is 6.92 Å². The molecule has 0 aliphatic rings. The molecule has 2 amide bonds. The molecule has 0 saturated heterocycles. The van der Waals surface area contributed by atoms with Gasteiger partial charge in [0.05, 0.1) is 11.0 Å². The molecule has 0 bridgehead atoms. The Bertz CT molecular complexity index is 851. The Morgan fingerprint density at radius 1 is 1.04 bits per heavy atom. The van der Waals surface area contributed by atoms with Crippen LogP contribution in [0.15, 0.2) is 48.5 Å². The molecule has 25 heavy (non-hydrogen) atoms. The van der Waals surface area contributed by atoms with E-state index in [-0.39, 0.29) is 11.8 Å². The Labute approximate surface area is 145 Å². The van der Waals surface area contributed by atoms with E-state index in [4.69, 9.17) is 0 Å². The number of H-pyrrole nitrogens is 1. The predicted octanol–water partition coefficient (Wildman–Crippen LogP) is 2.17. The van der Waals surface area contributed by atoms with Crippen molar-refractivity contribution < 1.29 is 9.59 Å². The van der Waals surface area contributed by atoms with Crippen LogP contribution >= 0.6 is 0 Å². The molecule has 0 unspecified atom stereocenters. The minimum absolute atomic E-state index is 0.0765. The third-order valence-corrected chi connectivity index (χ3v) is 3.84. The van der Waals surface area contributed by atoms with E-state index in [9.17, 15) is 9.59 Å². The summed E-state index contributed by atoms with van der Waals surface area (Å²) >= 11 is 0. The van der Waals surface area contributed by atoms with Gasteiger partial charge in [0.25, 0.3) is 5.91 Å². The molecule has 3 aromatic rings. The zero-order valence-corrected chi connectivity index (χ0v) is 14.0. The van der Waals surface area contributed by atoms with Gasteiger partial charge in [0.1, 0.15) is 5.82 Å². The lowest BCUT2D eigenvalue weighted by atomic mass is 10.1. The Hall–Kier alpha value is -3.15. The number of carbonyl (C=O) groups is 2. The lowest BCUT2D eigenvalue weighted by Gasteiger charge is -2.06. The van der Waals surface area contributed by atoms with Crippen LogP contribution in [0.3, 0.4) is 0 Å². The van der Waals surface area contributed by atoms with Crippen LogP contribution in [0.1, 0.15) is 28.7 Å². The Balaban J connectivity index is 1.51. The highest BCUT2D eigenvalue weighted by Crippen LogP contribution is 2.10. The number of rotatable bonds is 6. The smallest absolute Gasteiger partial charge is 0.251 e. The molecule has 6 nitrogen and oxygen atoms in total. The van der Waals surface area contributed by atoms with Crippen LogP contribution in [0.4, 0.5) is 0 Å². The molecule has 0 aliphatic carbocycles. The largest absolute Gasteiger partial charge is 0.352 e. The number of hydrogen-bond donors (Lipinski definition) is 3. The number of imidazole rings is 1. The summed E-state index contributed by atoms with van der Waals surface area (Å²) in [4.78, 5) is 30.8. The zero-order chi connectivity index (χ0) is 17.6. The first kappa shape index (κ1) is 16.7. The predicted molar refractivity (Wildman–Crippen MR) is 96.1 cm³/mol. The Kier molecular flexibility index (Phi) is 5.09. The van der Waals surface area contributed by atoms with Gasteiger partial charge in [-0.3, -0.25) is 9.59 Å². The fourth-order valence-corrected chi connectivity index (χ4v) is 2.52. The van der Waals surface area contributed by atoms with Crippen molar-refractivity contribution in [1.29, 1.82) is 0 Å². The van der Waals surface area contributed by atoms with Gasteiger partial charge < -0.3 is 15.6 Å². The molecule has 0 saturated carbocycles. The summed E-state index contributed by atoms with van der Waals surface area (Å²) in [5.41, 5.74) is 3.47. The minimum Gasteiger partial charge on any atom is -0.352 e. The highest BCUT2D eigenvalue weighted by molar-refractivity contribution is 5.94. The van der Waals surface area contributed by atoms with E-state index in [0.717, 1.165) is 22.4 Å². The van der Waals surface area contributed by atoms with Gasteiger partial charge in [0, 0.05) is 32.0 Å². The normalized spacial score (nSPS) is 10.6. The maximum absolute atomic E-state index is 12.2. The van der Waals surface area contributed by atoms with Crippen molar-refractivity contribution in [2.24, 2.45) is 0 Å². The van der Waals surface area contributed by atoms with Crippen LogP contribution in [-0.4, -0.2) is 28.3 Å². The number of carbonyl (C=O) groups excluding carboxylic acids is 2. The number of benzene rings is 2. The average Bonchev–Trinajstić information content (AvgIpc) is 3.03. The summed E-state index contributed by atoms with van der Waals surface area (Å²) in [6.07, 6.45) is 0.640. The maximum Gasteiger partial charge on any atom is 0.251 e. The van der Waals surface area contributed by atoms with Crippen LogP contribution in [0.2, 0.25) is 0 Å². The van der Waals surface area contributed by atoms with Crippen molar-refractivity contribution in [1.82, 2.24) is 20.6 Å². The van der Waals surface area contributed by atoms with E-state index in [0.29, 0.717) is 25.1 Å². The van der Waals surface area contributed by atoms with E-state index < -0.39 is 0 Å². The van der Waals surface area contributed by atoms with E-state index >= 15 is 0 Å². The summed E-state index contributed by atoms with van der Waals surface area (Å²) in [5.74, 6) is 0.654. The topological polar surface area (TPSA) is 86.9 Å². The first-order chi connectivity index (χ1) is 12.1. The summed E-state index contributed by atoms with van der Waals surface area (Å²) < 4.78 is 0. The highest BCUT2D eigenvalue weighted by Gasteiger charge is 2.06. The van der Waals surface area contributed by atoms with Gasteiger partial charge in [0.15, 0.2) is 0 Å². The van der Waals surface area contributed by atoms with Crippen molar-refractivity contribution in [3.8, 4) is 0 Å². The van der Waals surface area contributed by atoms with Crippen LogP contribution in [-0.2, 0) is 17.8 Å². The van der Waals surface area contributed by atoms with Crippen LogP contribution in [0, 0.1) is 0 Å². The second-order valence-electron chi connectivity index (χ2n) is 5.81. The van der Waals surface area contributed by atoms with Crippen LogP contribution < -0.4 is 10.6 Å². The number of para-hydroxylation sites is 2. The van der Waals surface area contributed by atoms with E-state index in [1.807, 2.05) is 36.4 Å². The fraction of sp³-hybridized carbons (Fsp3) is 0.211. The van der Waals surface area contributed by atoms with Gasteiger partial charge in [-0.1, -0.05) is 24.3 Å². The van der Waals surface area contributed by atoms with Crippen LogP contribution in [0.5, 0.6) is 0 Å². The molecule has 128 valence electrons. The minimum atomic E-state index is -0.123. The Morgan fingerprint density at radius 3 is 2.52 bits per heavy atom. The van der Waals surface area contributed by atoms with Crippen molar-refractivity contribution in [3.63, 3.8) is 0 Å². The summed E-state index contributed by atoms with van der Waals surface area (Å²) in [7, 11) is 0. The van der Waals surface area contributed by atoms with Crippen molar-refractivity contribution in [2.45, 2.75) is 19.9 Å². The molecule has 0 fully saturated rings. The lowest BCUT2D eigenvalue weighted by Crippen LogP contribution is -2.26. The first-order valence-corrected chi connectivity index (χ1v) is 8.17. The molecular weight excluding hydrogens is 316 g/mol. The number of amides is 2. The third-order valence-electron chi connectivity index (χ3n) is 3.84. The summed E-state index contributed by atoms with van der Waals surface area (Å²) in [6, 6.07) is 15.0. The highest BCUT2D eigenvalue weighted by atomic mass is 16.2. The number of aromatic amines is 1. The summed E-state index contributed by atoms with van der Waals surface area (Å²) in [5, 5.41) is 5.62. The molecular formula is C19H20N4O2. The standard InChI is InChI=1S/C19H20N4O2/c1-13(24)21-12-14-6-8-15(9-7-14)19(25)20-11-10-18-22-16-4-2-3-5-17(16)23-18/h2-9H,10-12H2,1H3,(H,20,25)(H,21,24)(H,22,23). The molecule has 0 aliphatic heterocycles. The number of hydrogen-bond acceptors (Lipinski definition) is 3. The van der Waals surface area contributed by atoms with E-state index in [1.54, 1.807) is 12.1 Å². The van der Waals surface area contributed by atoms with Gasteiger partial charge in [-0.25, -0.2) is 4.98 Å². The van der Waals surface area contributed by atoms with Gasteiger partial charge in [-0.2, -0.15) is 0 Å². The van der Waals surface area contributed by atoms with Crippen LogP contribution in [0.25, 0.3) is 11.0 Å². The van der Waals surface area contributed by atoms with Gasteiger partial charge in [-0.15, -0.1) is 0 Å². The number of fused-ring (bicyclic) bond motifs is 1. The van der Waals surface area contributed by atoms with E-state index in [2.05, 4.69) is 20.6 Å². The molecule has 6 heteroatoms. The second-order valence-corrected chi connectivity index (χ2v) is 5.81. The zero-order valence-electron chi connectivity index (χ0n) is 14.0. The number of nitrogens with zero attached hydrogens (tertiary/aromatic N) is 1. The lowest BCUT2D eigenvalue weighted by molar-refractivity contribution is -0.119. The molecule has 3 N–H and O–H groups in total. The quantitative estimate of drug-likeness (QED) is 0.645. The molecule has 3 rings (SSSR count). The van der Waals surface area contributed by atoms with Crippen molar-refractivity contribution >= 4 is 22.8 Å². The third kappa shape index (κ3) is 4.44. The average molecular weight is 336 g/mol. The number of aromatic nitrogens is 2. The van der Waals surface area contributed by atoms with Gasteiger partial charge in [-0.05, 0) is 29.8 Å². The molecule has 0 radical (unpaired) electrons. The van der Waals surface area contributed by atoms with Gasteiger partial charge >= 0.3 is 0 Å². The first-order valence-electron chi connectivity index (χ1n) is 8.17. The summed E-state index contributed by atoms with van der Waals surface area (Å²) in [6.45, 7) is 2.44. The fourth-order valence-electron chi connectivity index (χ4n) is 2.52. The molecule has 1 heterocycles. The van der Waals surface area contributed by atoms with Crippen molar-refractivity contribution in [3.05, 3.63) is 65.5 Å². The van der Waals surface area contributed by atoms with Gasteiger partial charge in [0.2, 0.25) is 5.91 Å².